The van der Waals surface area contributed by atoms with Crippen LogP contribution in [0.4, 0.5) is 5.82 Å². The normalized spacial score (nSPS) is 11.0. The fraction of sp³-hybridized carbons (Fsp3) is 0.615. The summed E-state index contributed by atoms with van der Waals surface area (Å²) in [7, 11) is 0. The Morgan fingerprint density at radius 2 is 2.16 bits per heavy atom. The van der Waals surface area contributed by atoms with Crippen LogP contribution in [0.5, 0.6) is 0 Å². The van der Waals surface area contributed by atoms with Crippen LogP contribution in [-0.2, 0) is 11.3 Å². The van der Waals surface area contributed by atoms with Gasteiger partial charge >= 0.3 is 0 Å². The van der Waals surface area contributed by atoms with E-state index < -0.39 is 0 Å². The molecule has 0 aliphatic rings. The van der Waals surface area contributed by atoms with E-state index in [1.165, 1.54) is 0 Å². The Kier molecular flexibility index (Phi) is 6.21. The minimum atomic E-state index is -0.321. The van der Waals surface area contributed by atoms with Gasteiger partial charge in [-0.05, 0) is 12.8 Å². The minimum Gasteiger partial charge on any atom is -0.369 e. The van der Waals surface area contributed by atoms with Crippen LogP contribution >= 0.6 is 0 Å². The highest BCUT2D eigenvalue weighted by Crippen LogP contribution is 2.06. The SMILES string of the molecule is CCNc1cnc(CN(CC(N)=O)CC(C)C)cn1. The van der Waals surface area contributed by atoms with Crippen molar-refractivity contribution < 1.29 is 4.79 Å². The summed E-state index contributed by atoms with van der Waals surface area (Å²) in [5.74, 6) is 0.905. The van der Waals surface area contributed by atoms with Gasteiger partial charge in [0.05, 0.1) is 24.6 Å². The van der Waals surface area contributed by atoms with Gasteiger partial charge in [0.15, 0.2) is 0 Å². The maximum absolute atomic E-state index is 11.1. The van der Waals surface area contributed by atoms with E-state index in [0.717, 1.165) is 24.6 Å². The van der Waals surface area contributed by atoms with Crippen molar-refractivity contribution in [2.24, 2.45) is 11.7 Å². The van der Waals surface area contributed by atoms with E-state index >= 15 is 0 Å². The van der Waals surface area contributed by atoms with Crippen molar-refractivity contribution in [2.45, 2.75) is 27.3 Å². The molecule has 1 aromatic rings. The van der Waals surface area contributed by atoms with E-state index in [-0.39, 0.29) is 12.5 Å². The maximum atomic E-state index is 11.1. The fourth-order valence-corrected chi connectivity index (χ4v) is 1.86. The smallest absolute Gasteiger partial charge is 0.231 e. The Hall–Kier alpha value is -1.69. The molecule has 106 valence electrons. The van der Waals surface area contributed by atoms with Crippen LogP contribution in [0.1, 0.15) is 26.5 Å². The molecule has 0 aromatic carbocycles. The van der Waals surface area contributed by atoms with Crippen LogP contribution in [0.3, 0.4) is 0 Å². The molecule has 0 unspecified atom stereocenters. The highest BCUT2D eigenvalue weighted by molar-refractivity contribution is 5.75. The number of anilines is 1. The first-order valence-electron chi connectivity index (χ1n) is 6.56. The molecule has 1 amide bonds. The molecule has 0 aliphatic heterocycles. The molecule has 0 aliphatic carbocycles. The number of rotatable bonds is 8. The molecule has 1 aromatic heterocycles. The Balaban J connectivity index is 2.64. The van der Waals surface area contributed by atoms with E-state index in [0.29, 0.717) is 12.5 Å². The second kappa shape index (κ2) is 7.68. The van der Waals surface area contributed by atoms with Crippen molar-refractivity contribution in [3.05, 3.63) is 18.1 Å². The summed E-state index contributed by atoms with van der Waals surface area (Å²) >= 11 is 0. The molecule has 0 radical (unpaired) electrons. The molecule has 1 rings (SSSR count). The lowest BCUT2D eigenvalue weighted by Crippen LogP contribution is -2.36. The predicted molar refractivity (Wildman–Crippen MR) is 75.5 cm³/mol. The third-order valence-electron chi connectivity index (χ3n) is 2.45. The molecule has 6 nitrogen and oxygen atoms in total. The molecule has 3 N–H and O–H groups in total. The van der Waals surface area contributed by atoms with Crippen molar-refractivity contribution in [3.8, 4) is 0 Å². The molecular formula is C13H23N5O. The molecule has 0 atom stereocenters. The summed E-state index contributed by atoms with van der Waals surface area (Å²) < 4.78 is 0. The summed E-state index contributed by atoms with van der Waals surface area (Å²) in [6, 6.07) is 0. The predicted octanol–water partition coefficient (Wildman–Crippen LogP) is 0.852. The van der Waals surface area contributed by atoms with Crippen molar-refractivity contribution in [3.63, 3.8) is 0 Å². The second-order valence-corrected chi connectivity index (χ2v) is 4.95. The molecule has 0 bridgehead atoms. The number of hydrogen-bond acceptors (Lipinski definition) is 5. The average molecular weight is 265 g/mol. The number of nitrogens with zero attached hydrogens (tertiary/aromatic N) is 3. The average Bonchev–Trinajstić information content (AvgIpc) is 2.30. The van der Waals surface area contributed by atoms with Crippen LogP contribution in [0, 0.1) is 5.92 Å². The molecule has 0 saturated carbocycles. The lowest BCUT2D eigenvalue weighted by atomic mass is 10.2. The number of aromatic nitrogens is 2. The lowest BCUT2D eigenvalue weighted by molar-refractivity contribution is -0.119. The largest absolute Gasteiger partial charge is 0.369 e. The van der Waals surface area contributed by atoms with Gasteiger partial charge in [-0.1, -0.05) is 13.8 Å². The Bertz CT molecular complexity index is 391. The Morgan fingerprint density at radius 3 is 2.63 bits per heavy atom. The highest BCUT2D eigenvalue weighted by Gasteiger charge is 2.11. The Morgan fingerprint density at radius 1 is 1.42 bits per heavy atom. The number of carbonyl (C=O) groups is 1. The quantitative estimate of drug-likeness (QED) is 0.728. The first kappa shape index (κ1) is 15.4. The number of carbonyl (C=O) groups excluding carboxylic acids is 1. The lowest BCUT2D eigenvalue weighted by Gasteiger charge is -2.22. The first-order valence-corrected chi connectivity index (χ1v) is 6.56. The van der Waals surface area contributed by atoms with Gasteiger partial charge in [0.1, 0.15) is 5.82 Å². The molecule has 0 spiro atoms. The monoisotopic (exact) mass is 265 g/mol. The summed E-state index contributed by atoms with van der Waals surface area (Å²) in [4.78, 5) is 21.6. The third-order valence-corrected chi connectivity index (χ3v) is 2.45. The van der Waals surface area contributed by atoms with E-state index in [1.807, 2.05) is 11.8 Å². The maximum Gasteiger partial charge on any atom is 0.231 e. The van der Waals surface area contributed by atoms with Gasteiger partial charge < -0.3 is 11.1 Å². The zero-order valence-corrected chi connectivity index (χ0v) is 11.9. The molecule has 0 saturated heterocycles. The molecule has 6 heteroatoms. The van der Waals surface area contributed by atoms with Gasteiger partial charge in [-0.25, -0.2) is 4.98 Å². The fourth-order valence-electron chi connectivity index (χ4n) is 1.86. The van der Waals surface area contributed by atoms with Gasteiger partial charge in [-0.15, -0.1) is 0 Å². The van der Waals surface area contributed by atoms with Gasteiger partial charge in [0.2, 0.25) is 5.91 Å². The zero-order valence-electron chi connectivity index (χ0n) is 11.9. The number of primary amides is 1. The highest BCUT2D eigenvalue weighted by atomic mass is 16.1. The van der Waals surface area contributed by atoms with Crippen molar-refractivity contribution in [1.82, 2.24) is 14.9 Å². The zero-order chi connectivity index (χ0) is 14.3. The van der Waals surface area contributed by atoms with Crippen molar-refractivity contribution >= 4 is 11.7 Å². The van der Waals surface area contributed by atoms with Gasteiger partial charge in [-0.2, -0.15) is 0 Å². The number of nitrogens with two attached hydrogens (primary N) is 1. The molecule has 0 fully saturated rings. The van der Waals surface area contributed by atoms with E-state index in [4.69, 9.17) is 5.73 Å². The minimum absolute atomic E-state index is 0.245. The standard InChI is InChI=1S/C13H23N5O/c1-4-15-13-6-16-11(5-17-13)8-18(7-10(2)3)9-12(14)19/h5-6,10H,4,7-9H2,1-3H3,(H2,14,19)(H,15,17). The summed E-state index contributed by atoms with van der Waals surface area (Å²) in [5, 5.41) is 3.09. The summed E-state index contributed by atoms with van der Waals surface area (Å²) in [6.45, 7) is 8.67. The second-order valence-electron chi connectivity index (χ2n) is 4.95. The van der Waals surface area contributed by atoms with Gasteiger partial charge in [0, 0.05) is 19.6 Å². The number of hydrogen-bond donors (Lipinski definition) is 2. The van der Waals surface area contributed by atoms with Crippen molar-refractivity contribution in [1.29, 1.82) is 0 Å². The summed E-state index contributed by atoms with van der Waals surface area (Å²) in [5.41, 5.74) is 6.10. The van der Waals surface area contributed by atoms with E-state index in [1.54, 1.807) is 12.4 Å². The Labute approximate surface area is 114 Å². The number of nitrogens with one attached hydrogen (secondary N) is 1. The van der Waals surface area contributed by atoms with E-state index in [2.05, 4.69) is 29.1 Å². The van der Waals surface area contributed by atoms with Gasteiger partial charge in [-0.3, -0.25) is 14.7 Å². The third kappa shape index (κ3) is 6.15. The van der Waals surface area contributed by atoms with Crippen LogP contribution in [0.15, 0.2) is 12.4 Å². The van der Waals surface area contributed by atoms with E-state index in [9.17, 15) is 4.79 Å². The van der Waals surface area contributed by atoms with Crippen LogP contribution in [0.2, 0.25) is 0 Å². The van der Waals surface area contributed by atoms with Crippen LogP contribution < -0.4 is 11.1 Å². The summed E-state index contributed by atoms with van der Waals surface area (Å²) in [6.07, 6.45) is 3.43. The number of amides is 1. The molecular weight excluding hydrogens is 242 g/mol. The first-order chi connectivity index (χ1) is 9.01. The van der Waals surface area contributed by atoms with Crippen molar-refractivity contribution in [2.75, 3.05) is 25.0 Å². The topological polar surface area (TPSA) is 84.1 Å². The van der Waals surface area contributed by atoms with Gasteiger partial charge in [0.25, 0.3) is 0 Å². The molecule has 1 heterocycles. The van der Waals surface area contributed by atoms with Crippen LogP contribution in [0.25, 0.3) is 0 Å². The van der Waals surface area contributed by atoms with Crippen LogP contribution in [-0.4, -0.2) is 40.4 Å². The molecule has 19 heavy (non-hydrogen) atoms.